The Balaban J connectivity index is 1.84. The van der Waals surface area contributed by atoms with Gasteiger partial charge in [-0.05, 0) is 31.5 Å². The van der Waals surface area contributed by atoms with Crippen LogP contribution in [0, 0.1) is 6.92 Å². The molecule has 1 atom stereocenters. The zero-order valence-electron chi connectivity index (χ0n) is 13.2. The van der Waals surface area contributed by atoms with Crippen LogP contribution in [0.5, 0.6) is 5.75 Å². The van der Waals surface area contributed by atoms with Crippen LogP contribution in [0.4, 0.5) is 19.0 Å². The number of alkyl halides is 3. The van der Waals surface area contributed by atoms with Crippen molar-refractivity contribution in [2.45, 2.75) is 26.3 Å². The SMILES string of the molecule is Cc1nc2ncnn2c(N[C@@H](C)c2ccc(OC(F)(F)F)cc2)c1Cl. The molecule has 3 aromatic rings. The van der Waals surface area contributed by atoms with Crippen LogP contribution in [0.15, 0.2) is 30.6 Å². The molecule has 2 heterocycles. The number of hydrogen-bond acceptors (Lipinski definition) is 5. The summed E-state index contributed by atoms with van der Waals surface area (Å²) in [6.45, 7) is 3.59. The monoisotopic (exact) mass is 371 g/mol. The van der Waals surface area contributed by atoms with Gasteiger partial charge in [-0.25, -0.2) is 4.98 Å². The number of nitrogens with one attached hydrogen (secondary N) is 1. The van der Waals surface area contributed by atoms with Gasteiger partial charge in [0.15, 0.2) is 5.82 Å². The fourth-order valence-corrected chi connectivity index (χ4v) is 2.48. The van der Waals surface area contributed by atoms with Gasteiger partial charge in [0, 0.05) is 6.04 Å². The number of rotatable bonds is 4. The van der Waals surface area contributed by atoms with Gasteiger partial charge in [-0.15, -0.1) is 13.2 Å². The largest absolute Gasteiger partial charge is 0.573 e. The number of nitrogens with zero attached hydrogens (tertiary/aromatic N) is 4. The maximum absolute atomic E-state index is 12.2. The van der Waals surface area contributed by atoms with Crippen molar-refractivity contribution in [1.82, 2.24) is 19.6 Å². The first-order valence-electron chi connectivity index (χ1n) is 7.22. The molecule has 0 saturated heterocycles. The second-order valence-corrected chi connectivity index (χ2v) is 5.69. The van der Waals surface area contributed by atoms with E-state index >= 15 is 0 Å². The van der Waals surface area contributed by atoms with Crippen LogP contribution in [0.2, 0.25) is 5.02 Å². The number of hydrogen-bond donors (Lipinski definition) is 1. The first-order valence-corrected chi connectivity index (χ1v) is 7.60. The lowest BCUT2D eigenvalue weighted by Crippen LogP contribution is -2.17. The highest BCUT2D eigenvalue weighted by Gasteiger charge is 2.31. The molecule has 0 saturated carbocycles. The zero-order valence-corrected chi connectivity index (χ0v) is 13.9. The van der Waals surface area contributed by atoms with E-state index in [1.54, 1.807) is 19.1 Å². The third kappa shape index (κ3) is 3.76. The Labute approximate surface area is 145 Å². The summed E-state index contributed by atoms with van der Waals surface area (Å²) < 4.78 is 42.0. The van der Waals surface area contributed by atoms with E-state index in [9.17, 15) is 13.2 Å². The van der Waals surface area contributed by atoms with E-state index in [2.05, 4.69) is 25.1 Å². The lowest BCUT2D eigenvalue weighted by atomic mass is 10.1. The molecule has 25 heavy (non-hydrogen) atoms. The summed E-state index contributed by atoms with van der Waals surface area (Å²) in [5.41, 5.74) is 1.33. The van der Waals surface area contributed by atoms with Gasteiger partial charge >= 0.3 is 6.36 Å². The van der Waals surface area contributed by atoms with Gasteiger partial charge in [0.1, 0.15) is 17.1 Å². The van der Waals surface area contributed by atoms with Crippen LogP contribution in [0.3, 0.4) is 0 Å². The Morgan fingerprint density at radius 3 is 2.56 bits per heavy atom. The quantitative estimate of drug-likeness (QED) is 0.746. The number of anilines is 1. The van der Waals surface area contributed by atoms with Crippen molar-refractivity contribution < 1.29 is 17.9 Å². The van der Waals surface area contributed by atoms with E-state index in [-0.39, 0.29) is 11.8 Å². The number of fused-ring (bicyclic) bond motifs is 1. The number of aromatic nitrogens is 4. The Hall–Kier alpha value is -2.55. The van der Waals surface area contributed by atoms with Crippen molar-refractivity contribution in [3.8, 4) is 5.75 Å². The van der Waals surface area contributed by atoms with Crippen LogP contribution in [0.1, 0.15) is 24.2 Å². The molecule has 132 valence electrons. The topological polar surface area (TPSA) is 64.3 Å². The predicted molar refractivity (Wildman–Crippen MR) is 85.7 cm³/mol. The number of halogens is 4. The minimum atomic E-state index is -4.72. The Morgan fingerprint density at radius 1 is 1.24 bits per heavy atom. The van der Waals surface area contributed by atoms with Crippen molar-refractivity contribution in [3.05, 3.63) is 46.9 Å². The molecule has 0 amide bonds. The van der Waals surface area contributed by atoms with Crippen LogP contribution in [-0.4, -0.2) is 25.9 Å². The third-order valence-electron chi connectivity index (χ3n) is 3.50. The van der Waals surface area contributed by atoms with Crippen LogP contribution >= 0.6 is 11.6 Å². The molecule has 6 nitrogen and oxygen atoms in total. The van der Waals surface area contributed by atoms with Crippen LogP contribution in [0.25, 0.3) is 5.78 Å². The Bertz CT molecular complexity index is 895. The molecular weight excluding hydrogens is 359 g/mol. The first kappa shape index (κ1) is 17.3. The maximum atomic E-state index is 12.2. The molecule has 0 spiro atoms. The van der Waals surface area contributed by atoms with Gasteiger partial charge in [0.05, 0.1) is 5.69 Å². The van der Waals surface area contributed by atoms with Crippen molar-refractivity contribution in [2.24, 2.45) is 0 Å². The molecular formula is C15H13ClF3N5O. The van der Waals surface area contributed by atoms with Crippen molar-refractivity contribution >= 4 is 23.2 Å². The van der Waals surface area contributed by atoms with E-state index < -0.39 is 6.36 Å². The minimum Gasteiger partial charge on any atom is -0.406 e. The van der Waals surface area contributed by atoms with E-state index in [1.807, 2.05) is 6.92 Å². The predicted octanol–water partition coefficient (Wildman–Crippen LogP) is 4.16. The zero-order chi connectivity index (χ0) is 18.2. The summed E-state index contributed by atoms with van der Waals surface area (Å²) in [5, 5.41) is 7.65. The van der Waals surface area contributed by atoms with Gasteiger partial charge in [-0.2, -0.15) is 14.6 Å². The second kappa shape index (κ2) is 6.40. The highest BCUT2D eigenvalue weighted by atomic mass is 35.5. The van der Waals surface area contributed by atoms with E-state index in [0.717, 1.165) is 5.56 Å². The summed E-state index contributed by atoms with van der Waals surface area (Å²) in [6, 6.07) is 5.33. The molecule has 0 aliphatic heterocycles. The maximum Gasteiger partial charge on any atom is 0.573 e. The van der Waals surface area contributed by atoms with Crippen LogP contribution < -0.4 is 10.1 Å². The lowest BCUT2D eigenvalue weighted by molar-refractivity contribution is -0.274. The van der Waals surface area contributed by atoms with E-state index in [4.69, 9.17) is 11.6 Å². The Morgan fingerprint density at radius 2 is 1.92 bits per heavy atom. The summed E-state index contributed by atoms with van der Waals surface area (Å²) >= 11 is 6.30. The average molecular weight is 372 g/mol. The molecule has 0 fully saturated rings. The molecule has 2 aromatic heterocycles. The first-order chi connectivity index (χ1) is 11.7. The smallest absolute Gasteiger partial charge is 0.406 e. The lowest BCUT2D eigenvalue weighted by Gasteiger charge is -2.18. The fourth-order valence-electron chi connectivity index (χ4n) is 2.30. The molecule has 1 aromatic carbocycles. The third-order valence-corrected chi connectivity index (χ3v) is 3.95. The van der Waals surface area contributed by atoms with Crippen LogP contribution in [-0.2, 0) is 0 Å². The standard InChI is InChI=1S/C15H13ClF3N5O/c1-8(10-3-5-11(6-4-10)25-15(17,18)19)22-13-12(16)9(2)23-14-20-7-21-24(13)14/h3-8,22H,1-2H3/t8-/m0/s1. The average Bonchev–Trinajstić information content (AvgIpc) is 2.98. The van der Waals surface area contributed by atoms with Crippen molar-refractivity contribution in [3.63, 3.8) is 0 Å². The van der Waals surface area contributed by atoms with Gasteiger partial charge < -0.3 is 10.1 Å². The molecule has 0 aliphatic rings. The number of ether oxygens (including phenoxy) is 1. The number of benzene rings is 1. The van der Waals surface area contributed by atoms with E-state index in [1.165, 1.54) is 23.0 Å². The van der Waals surface area contributed by atoms with Crippen molar-refractivity contribution in [1.29, 1.82) is 0 Å². The summed E-state index contributed by atoms with van der Waals surface area (Å²) in [4.78, 5) is 8.24. The van der Waals surface area contributed by atoms with Gasteiger partial charge in [-0.1, -0.05) is 23.7 Å². The highest BCUT2D eigenvalue weighted by Crippen LogP contribution is 2.29. The van der Waals surface area contributed by atoms with Gasteiger partial charge in [0.25, 0.3) is 5.78 Å². The van der Waals surface area contributed by atoms with Crippen molar-refractivity contribution in [2.75, 3.05) is 5.32 Å². The molecule has 0 bridgehead atoms. The van der Waals surface area contributed by atoms with E-state index in [0.29, 0.717) is 22.3 Å². The fraction of sp³-hybridized carbons (Fsp3) is 0.267. The summed E-state index contributed by atoms with van der Waals surface area (Å²) in [5.74, 6) is 0.621. The molecule has 0 radical (unpaired) electrons. The molecule has 10 heteroatoms. The normalized spacial score (nSPS) is 13.0. The second-order valence-electron chi connectivity index (χ2n) is 5.31. The highest BCUT2D eigenvalue weighted by molar-refractivity contribution is 6.33. The molecule has 3 rings (SSSR count). The van der Waals surface area contributed by atoms with Gasteiger partial charge in [0.2, 0.25) is 0 Å². The van der Waals surface area contributed by atoms with Gasteiger partial charge in [-0.3, -0.25) is 0 Å². The molecule has 1 N–H and O–H groups in total. The summed E-state index contributed by atoms with van der Waals surface area (Å²) in [6.07, 6.45) is -3.36. The Kier molecular flexibility index (Phi) is 4.42. The molecule has 0 unspecified atom stereocenters. The summed E-state index contributed by atoms with van der Waals surface area (Å²) in [7, 11) is 0. The number of aryl methyl sites for hydroxylation is 1. The minimum absolute atomic E-state index is 0.258. The molecule has 0 aliphatic carbocycles.